The second-order valence-electron chi connectivity index (χ2n) is 4.53. The summed E-state index contributed by atoms with van der Waals surface area (Å²) in [5.41, 5.74) is 0.135. The van der Waals surface area contributed by atoms with Gasteiger partial charge in [-0.05, 0) is 32.0 Å². The van der Waals surface area contributed by atoms with Crippen LogP contribution < -0.4 is 4.72 Å². The van der Waals surface area contributed by atoms with E-state index in [9.17, 15) is 18.0 Å². The average Bonchev–Trinajstić information content (AvgIpc) is 2.53. The minimum absolute atomic E-state index is 0.129. The summed E-state index contributed by atoms with van der Waals surface area (Å²) in [6.07, 6.45) is 0. The van der Waals surface area contributed by atoms with Crippen LogP contribution >= 0.6 is 11.6 Å². The second-order valence-corrected chi connectivity index (χ2v) is 6.67. The molecule has 1 aromatic rings. The Morgan fingerprint density at radius 1 is 1.26 bits per heavy atom. The highest BCUT2D eigenvalue weighted by molar-refractivity contribution is 7.89. The molecule has 0 radical (unpaired) electrons. The van der Waals surface area contributed by atoms with Crippen LogP contribution in [0, 0.1) is 0 Å². The number of amides is 1. The summed E-state index contributed by atoms with van der Waals surface area (Å²) in [6, 6.07) is 3.69. The highest BCUT2D eigenvalue weighted by Crippen LogP contribution is 2.22. The molecule has 0 aliphatic carbocycles. The largest absolute Gasteiger partial charge is 0.465 e. The van der Waals surface area contributed by atoms with Crippen molar-refractivity contribution >= 4 is 33.5 Å². The molecule has 0 aliphatic rings. The quantitative estimate of drug-likeness (QED) is 0.737. The Bertz CT molecular complexity index is 686. The lowest BCUT2D eigenvalue weighted by Gasteiger charge is -2.18. The first kappa shape index (κ1) is 19.4. The fourth-order valence-electron chi connectivity index (χ4n) is 1.89. The van der Waals surface area contributed by atoms with Crippen molar-refractivity contribution < 1.29 is 22.7 Å². The fraction of sp³-hybridized carbons (Fsp3) is 0.429. The van der Waals surface area contributed by atoms with Crippen LogP contribution in [0.25, 0.3) is 0 Å². The molecule has 128 valence electrons. The van der Waals surface area contributed by atoms with Crippen LogP contribution in [0.4, 0.5) is 0 Å². The number of sulfonamides is 1. The third kappa shape index (κ3) is 4.92. The fourth-order valence-corrected chi connectivity index (χ4v) is 3.40. The molecule has 0 saturated carbocycles. The highest BCUT2D eigenvalue weighted by Gasteiger charge is 2.21. The summed E-state index contributed by atoms with van der Waals surface area (Å²) >= 11 is 5.93. The van der Waals surface area contributed by atoms with Gasteiger partial charge in [0, 0.05) is 13.1 Å². The van der Waals surface area contributed by atoms with E-state index in [0.29, 0.717) is 13.1 Å². The van der Waals surface area contributed by atoms with Gasteiger partial charge in [0.05, 0.1) is 24.2 Å². The molecule has 0 unspecified atom stereocenters. The minimum Gasteiger partial charge on any atom is -0.465 e. The molecule has 23 heavy (non-hydrogen) atoms. The second kappa shape index (κ2) is 8.28. The number of nitrogens with one attached hydrogen (secondary N) is 1. The van der Waals surface area contributed by atoms with E-state index >= 15 is 0 Å². The summed E-state index contributed by atoms with van der Waals surface area (Å²) in [6.45, 7) is 4.23. The van der Waals surface area contributed by atoms with E-state index in [1.165, 1.54) is 30.2 Å². The molecule has 0 atom stereocenters. The number of rotatable bonds is 7. The number of methoxy groups -OCH3 is 1. The smallest absolute Gasteiger partial charge is 0.337 e. The van der Waals surface area contributed by atoms with Crippen LogP contribution in [0.2, 0.25) is 5.02 Å². The van der Waals surface area contributed by atoms with Crippen LogP contribution in [0.1, 0.15) is 24.2 Å². The number of hydrogen-bond donors (Lipinski definition) is 1. The number of likely N-dealkylation sites (N-methyl/N-ethyl adjacent to an activating group) is 1. The van der Waals surface area contributed by atoms with E-state index in [1.807, 2.05) is 0 Å². The molecule has 1 aromatic carbocycles. The van der Waals surface area contributed by atoms with Crippen molar-refractivity contribution in [3.8, 4) is 0 Å². The van der Waals surface area contributed by atoms with Crippen LogP contribution in [-0.4, -0.2) is 51.9 Å². The van der Waals surface area contributed by atoms with Gasteiger partial charge in [0.15, 0.2) is 0 Å². The number of esters is 1. The Labute approximate surface area is 140 Å². The Morgan fingerprint density at radius 2 is 1.87 bits per heavy atom. The van der Waals surface area contributed by atoms with Gasteiger partial charge in [-0.3, -0.25) is 4.79 Å². The van der Waals surface area contributed by atoms with Crippen LogP contribution in [0.5, 0.6) is 0 Å². The van der Waals surface area contributed by atoms with E-state index < -0.39 is 16.0 Å². The van der Waals surface area contributed by atoms with E-state index in [2.05, 4.69) is 9.46 Å². The van der Waals surface area contributed by atoms with Gasteiger partial charge in [-0.25, -0.2) is 17.9 Å². The predicted octanol–water partition coefficient (Wildman–Crippen LogP) is 1.27. The van der Waals surface area contributed by atoms with Crippen molar-refractivity contribution in [2.45, 2.75) is 18.7 Å². The number of benzene rings is 1. The summed E-state index contributed by atoms with van der Waals surface area (Å²) < 4.78 is 31.2. The molecule has 1 rings (SSSR count). The molecule has 1 amide bonds. The van der Waals surface area contributed by atoms with Crippen molar-refractivity contribution in [3.05, 3.63) is 28.8 Å². The number of ether oxygens (including phenoxy) is 1. The minimum atomic E-state index is -3.97. The van der Waals surface area contributed by atoms with Crippen LogP contribution in [-0.2, 0) is 19.6 Å². The first-order chi connectivity index (χ1) is 10.8. The summed E-state index contributed by atoms with van der Waals surface area (Å²) in [4.78, 5) is 24.5. The monoisotopic (exact) mass is 362 g/mol. The Kier molecular flexibility index (Phi) is 6.99. The van der Waals surface area contributed by atoms with Crippen LogP contribution in [0.15, 0.2) is 23.1 Å². The first-order valence-corrected chi connectivity index (χ1v) is 8.78. The molecule has 1 N–H and O–H groups in total. The Morgan fingerprint density at radius 3 is 2.35 bits per heavy atom. The topological polar surface area (TPSA) is 92.8 Å². The van der Waals surface area contributed by atoms with E-state index in [-0.39, 0.29) is 27.9 Å². The van der Waals surface area contributed by atoms with E-state index in [1.54, 1.807) is 13.8 Å². The highest BCUT2D eigenvalue weighted by atomic mass is 35.5. The normalized spacial score (nSPS) is 11.1. The maximum absolute atomic E-state index is 12.2. The van der Waals surface area contributed by atoms with E-state index in [0.717, 1.165) is 0 Å². The van der Waals surface area contributed by atoms with Gasteiger partial charge in [0.25, 0.3) is 0 Å². The molecule has 9 heteroatoms. The van der Waals surface area contributed by atoms with E-state index in [4.69, 9.17) is 11.6 Å². The van der Waals surface area contributed by atoms with Crippen molar-refractivity contribution in [2.24, 2.45) is 0 Å². The lowest BCUT2D eigenvalue weighted by Crippen LogP contribution is -2.40. The Hall–Kier alpha value is -1.64. The number of carbonyl (C=O) groups excluding carboxylic acids is 2. The standard InChI is InChI=1S/C14H19ClN2O5S/c1-4-17(5-2)13(18)9-16-23(20,21)12-7-6-10(8-11(12)15)14(19)22-3/h6-8,16H,4-5,9H2,1-3H3. The number of carbonyl (C=O) groups is 2. The predicted molar refractivity (Wildman–Crippen MR) is 85.9 cm³/mol. The van der Waals surface area contributed by atoms with Gasteiger partial charge in [-0.2, -0.15) is 0 Å². The molecule has 0 aliphatic heterocycles. The molecule has 0 fully saturated rings. The summed E-state index contributed by atoms with van der Waals surface area (Å²) in [5, 5.41) is -0.129. The van der Waals surface area contributed by atoms with Gasteiger partial charge in [-0.15, -0.1) is 0 Å². The zero-order chi connectivity index (χ0) is 17.6. The van der Waals surface area contributed by atoms with Gasteiger partial charge in [0.2, 0.25) is 15.9 Å². The average molecular weight is 363 g/mol. The molecule has 0 bridgehead atoms. The number of hydrogen-bond acceptors (Lipinski definition) is 5. The molecular weight excluding hydrogens is 344 g/mol. The summed E-state index contributed by atoms with van der Waals surface area (Å²) in [7, 11) is -2.76. The van der Waals surface area contributed by atoms with Crippen LogP contribution in [0.3, 0.4) is 0 Å². The third-order valence-electron chi connectivity index (χ3n) is 3.17. The lowest BCUT2D eigenvalue weighted by molar-refractivity contribution is -0.129. The maximum atomic E-state index is 12.2. The molecule has 0 spiro atoms. The van der Waals surface area contributed by atoms with Gasteiger partial charge in [-0.1, -0.05) is 11.6 Å². The van der Waals surface area contributed by atoms with Gasteiger partial charge in [0.1, 0.15) is 4.90 Å². The summed E-state index contributed by atoms with van der Waals surface area (Å²) in [5.74, 6) is -0.957. The molecule has 7 nitrogen and oxygen atoms in total. The van der Waals surface area contributed by atoms with Crippen molar-refractivity contribution in [2.75, 3.05) is 26.7 Å². The van der Waals surface area contributed by atoms with Gasteiger partial charge < -0.3 is 9.64 Å². The maximum Gasteiger partial charge on any atom is 0.337 e. The SMILES string of the molecule is CCN(CC)C(=O)CNS(=O)(=O)c1ccc(C(=O)OC)cc1Cl. The molecule has 0 saturated heterocycles. The number of nitrogens with zero attached hydrogens (tertiary/aromatic N) is 1. The Balaban J connectivity index is 2.93. The van der Waals surface area contributed by atoms with Crippen molar-refractivity contribution in [3.63, 3.8) is 0 Å². The molecule has 0 aromatic heterocycles. The molecular formula is C14H19ClN2O5S. The lowest BCUT2D eigenvalue weighted by atomic mass is 10.2. The first-order valence-electron chi connectivity index (χ1n) is 6.92. The van der Waals surface area contributed by atoms with Crippen molar-refractivity contribution in [1.82, 2.24) is 9.62 Å². The third-order valence-corrected chi connectivity index (χ3v) is 5.06. The zero-order valence-electron chi connectivity index (χ0n) is 13.1. The zero-order valence-corrected chi connectivity index (χ0v) is 14.7. The van der Waals surface area contributed by atoms with Gasteiger partial charge >= 0.3 is 5.97 Å². The number of halogens is 1. The van der Waals surface area contributed by atoms with Crippen molar-refractivity contribution in [1.29, 1.82) is 0 Å². The molecule has 0 heterocycles.